The minimum absolute atomic E-state index is 0.0644. The molecule has 1 saturated heterocycles. The van der Waals surface area contributed by atoms with Crippen molar-refractivity contribution in [2.24, 2.45) is 5.73 Å². The van der Waals surface area contributed by atoms with Crippen LogP contribution in [0, 0.1) is 0 Å². The Kier molecular flexibility index (Phi) is 5.05. The Morgan fingerprint density at radius 3 is 2.95 bits per heavy atom. The summed E-state index contributed by atoms with van der Waals surface area (Å²) >= 11 is 4.98. The van der Waals surface area contributed by atoms with E-state index in [2.05, 4.69) is 10.2 Å². The predicted molar refractivity (Wildman–Crippen MR) is 82.8 cm³/mol. The first-order valence-electron chi connectivity index (χ1n) is 6.54. The third-order valence-corrected chi connectivity index (χ3v) is 3.62. The molecule has 0 saturated carbocycles. The second kappa shape index (κ2) is 6.78. The van der Waals surface area contributed by atoms with Crippen LogP contribution in [0.4, 0.5) is 5.69 Å². The van der Waals surface area contributed by atoms with Crippen LogP contribution in [-0.2, 0) is 9.53 Å². The van der Waals surface area contributed by atoms with Gasteiger partial charge in [0, 0.05) is 25.8 Å². The Labute approximate surface area is 124 Å². The highest BCUT2D eigenvalue weighted by Gasteiger charge is 2.23. The third-order valence-electron chi connectivity index (χ3n) is 3.40. The summed E-state index contributed by atoms with van der Waals surface area (Å²) in [6.45, 7) is 2.02. The van der Waals surface area contributed by atoms with E-state index in [1.54, 1.807) is 19.2 Å². The largest absolute Gasteiger partial charge is 0.389 e. The summed E-state index contributed by atoms with van der Waals surface area (Å²) in [6.07, 6.45) is 1.19. The topological polar surface area (TPSA) is 67.6 Å². The van der Waals surface area contributed by atoms with Crippen LogP contribution in [0.2, 0.25) is 0 Å². The molecule has 1 fully saturated rings. The van der Waals surface area contributed by atoms with Crippen molar-refractivity contribution < 1.29 is 9.53 Å². The van der Waals surface area contributed by atoms with Gasteiger partial charge >= 0.3 is 0 Å². The molecule has 0 bridgehead atoms. The second-order valence-corrected chi connectivity index (χ2v) is 5.28. The van der Waals surface area contributed by atoms with E-state index in [4.69, 9.17) is 22.7 Å². The van der Waals surface area contributed by atoms with Gasteiger partial charge in [0.15, 0.2) is 0 Å². The zero-order valence-electron chi connectivity index (χ0n) is 11.5. The first-order valence-corrected chi connectivity index (χ1v) is 6.95. The number of para-hydroxylation sites is 1. The number of ether oxygens (including phenoxy) is 1. The van der Waals surface area contributed by atoms with E-state index in [0.29, 0.717) is 17.8 Å². The van der Waals surface area contributed by atoms with Gasteiger partial charge in [0.05, 0.1) is 18.3 Å². The zero-order chi connectivity index (χ0) is 14.5. The first-order chi connectivity index (χ1) is 9.60. The maximum absolute atomic E-state index is 12.1. The number of methoxy groups -OCH3 is 1. The fourth-order valence-corrected chi connectivity index (χ4v) is 2.51. The van der Waals surface area contributed by atoms with Crippen LogP contribution in [-0.4, -0.2) is 48.6 Å². The SMILES string of the molecule is COC1CCN(CC(=O)Nc2ccccc2C(N)=S)C1. The van der Waals surface area contributed by atoms with E-state index < -0.39 is 0 Å². The van der Waals surface area contributed by atoms with Crippen LogP contribution in [0.15, 0.2) is 24.3 Å². The monoisotopic (exact) mass is 293 g/mol. The Morgan fingerprint density at radius 1 is 1.55 bits per heavy atom. The Morgan fingerprint density at radius 2 is 2.30 bits per heavy atom. The van der Waals surface area contributed by atoms with Crippen LogP contribution in [0.1, 0.15) is 12.0 Å². The number of nitrogens with two attached hydrogens (primary N) is 1. The fourth-order valence-electron chi connectivity index (χ4n) is 2.33. The van der Waals surface area contributed by atoms with Crippen molar-refractivity contribution in [3.05, 3.63) is 29.8 Å². The third kappa shape index (κ3) is 3.75. The number of carbonyl (C=O) groups is 1. The van der Waals surface area contributed by atoms with Gasteiger partial charge in [-0.1, -0.05) is 24.4 Å². The molecule has 1 aromatic rings. The van der Waals surface area contributed by atoms with E-state index in [9.17, 15) is 4.79 Å². The summed E-state index contributed by atoms with van der Waals surface area (Å²) in [6, 6.07) is 7.28. The normalized spacial score (nSPS) is 18.9. The Balaban J connectivity index is 1.94. The van der Waals surface area contributed by atoms with Crippen molar-refractivity contribution in [3.63, 3.8) is 0 Å². The highest BCUT2D eigenvalue weighted by molar-refractivity contribution is 7.80. The first kappa shape index (κ1) is 14.9. The van der Waals surface area contributed by atoms with Gasteiger partial charge in [-0.3, -0.25) is 9.69 Å². The van der Waals surface area contributed by atoms with Crippen molar-refractivity contribution in [1.29, 1.82) is 0 Å². The number of benzene rings is 1. The lowest BCUT2D eigenvalue weighted by molar-refractivity contribution is -0.117. The fraction of sp³-hybridized carbons (Fsp3) is 0.429. The molecule has 3 N–H and O–H groups in total. The molecule has 1 amide bonds. The highest BCUT2D eigenvalue weighted by atomic mass is 32.1. The molecule has 5 nitrogen and oxygen atoms in total. The molecule has 0 aromatic heterocycles. The maximum atomic E-state index is 12.1. The standard InChI is InChI=1S/C14H19N3O2S/c1-19-10-6-7-17(8-10)9-13(18)16-12-5-3-2-4-11(12)14(15)20/h2-5,10H,6-9H2,1H3,(H2,15,20)(H,16,18). The van der Waals surface area contributed by atoms with Crippen LogP contribution in [0.5, 0.6) is 0 Å². The highest BCUT2D eigenvalue weighted by Crippen LogP contribution is 2.16. The molecular formula is C14H19N3O2S. The molecule has 0 radical (unpaired) electrons. The minimum Gasteiger partial charge on any atom is -0.389 e. The van der Waals surface area contributed by atoms with E-state index in [0.717, 1.165) is 19.5 Å². The molecule has 1 aliphatic rings. The molecule has 20 heavy (non-hydrogen) atoms. The van der Waals surface area contributed by atoms with Crippen LogP contribution in [0.3, 0.4) is 0 Å². The molecule has 108 valence electrons. The van der Waals surface area contributed by atoms with Crippen molar-refractivity contribution in [1.82, 2.24) is 4.90 Å². The van der Waals surface area contributed by atoms with E-state index in [1.165, 1.54) is 0 Å². The summed E-state index contributed by atoms with van der Waals surface area (Å²) in [7, 11) is 1.70. The van der Waals surface area contributed by atoms with Gasteiger partial charge in [0.1, 0.15) is 4.99 Å². The lowest BCUT2D eigenvalue weighted by Crippen LogP contribution is -2.32. The van der Waals surface area contributed by atoms with Crippen LogP contribution in [0.25, 0.3) is 0 Å². The van der Waals surface area contributed by atoms with Gasteiger partial charge in [0.25, 0.3) is 0 Å². The molecule has 1 atom stereocenters. The predicted octanol–water partition coefficient (Wildman–Crippen LogP) is 0.980. The summed E-state index contributed by atoms with van der Waals surface area (Å²) in [5, 5.41) is 2.86. The van der Waals surface area contributed by atoms with E-state index in [1.807, 2.05) is 12.1 Å². The summed E-state index contributed by atoms with van der Waals surface area (Å²) < 4.78 is 5.28. The van der Waals surface area contributed by atoms with Crippen molar-refractivity contribution in [2.45, 2.75) is 12.5 Å². The molecule has 1 heterocycles. The maximum Gasteiger partial charge on any atom is 0.238 e. The van der Waals surface area contributed by atoms with Gasteiger partial charge < -0.3 is 15.8 Å². The van der Waals surface area contributed by atoms with Gasteiger partial charge in [0.2, 0.25) is 5.91 Å². The molecule has 0 spiro atoms. The number of carbonyl (C=O) groups excluding carboxylic acids is 1. The van der Waals surface area contributed by atoms with Crippen molar-refractivity contribution in [3.8, 4) is 0 Å². The summed E-state index contributed by atoms with van der Waals surface area (Å²) in [4.78, 5) is 14.4. The molecule has 1 unspecified atom stereocenters. The van der Waals surface area contributed by atoms with Gasteiger partial charge in [-0.05, 0) is 18.6 Å². The number of anilines is 1. The molecule has 2 rings (SSSR count). The quantitative estimate of drug-likeness (QED) is 0.792. The number of hydrogen-bond acceptors (Lipinski definition) is 4. The van der Waals surface area contributed by atoms with Gasteiger partial charge in [-0.2, -0.15) is 0 Å². The minimum atomic E-state index is -0.0644. The summed E-state index contributed by atoms with van der Waals surface area (Å²) in [5.41, 5.74) is 6.99. The van der Waals surface area contributed by atoms with E-state index >= 15 is 0 Å². The molecule has 0 aliphatic carbocycles. The lowest BCUT2D eigenvalue weighted by Gasteiger charge is -2.16. The number of nitrogens with one attached hydrogen (secondary N) is 1. The number of rotatable bonds is 5. The number of nitrogens with zero attached hydrogens (tertiary/aromatic N) is 1. The second-order valence-electron chi connectivity index (χ2n) is 4.84. The zero-order valence-corrected chi connectivity index (χ0v) is 12.3. The molecular weight excluding hydrogens is 274 g/mol. The number of likely N-dealkylation sites (tertiary alicyclic amines) is 1. The smallest absolute Gasteiger partial charge is 0.238 e. The van der Waals surface area contributed by atoms with Gasteiger partial charge in [-0.15, -0.1) is 0 Å². The number of thiocarbonyl (C=S) groups is 1. The van der Waals surface area contributed by atoms with Crippen LogP contribution < -0.4 is 11.1 Å². The van der Waals surface area contributed by atoms with E-state index in [-0.39, 0.29) is 17.0 Å². The number of amides is 1. The average Bonchev–Trinajstić information content (AvgIpc) is 2.86. The van der Waals surface area contributed by atoms with Crippen molar-refractivity contribution >= 4 is 28.8 Å². The van der Waals surface area contributed by atoms with Crippen LogP contribution >= 0.6 is 12.2 Å². The average molecular weight is 293 g/mol. The van der Waals surface area contributed by atoms with Gasteiger partial charge in [-0.25, -0.2) is 0 Å². The Hall–Kier alpha value is -1.50. The molecule has 6 heteroatoms. The Bertz CT molecular complexity index is 507. The molecule has 1 aliphatic heterocycles. The molecule has 1 aromatic carbocycles. The number of hydrogen-bond donors (Lipinski definition) is 2. The lowest BCUT2D eigenvalue weighted by atomic mass is 10.2. The van der Waals surface area contributed by atoms with Crippen molar-refractivity contribution in [2.75, 3.05) is 32.1 Å². The summed E-state index contributed by atoms with van der Waals surface area (Å²) in [5.74, 6) is -0.0644.